The Bertz CT molecular complexity index is 448. The molecule has 0 amide bonds. The summed E-state index contributed by atoms with van der Waals surface area (Å²) in [4.78, 5) is 0. The smallest absolute Gasteiger partial charge is 0.0361 e. The van der Waals surface area contributed by atoms with E-state index in [2.05, 4.69) is 53.3 Å². The Labute approximate surface area is 108 Å². The second-order valence-electron chi connectivity index (χ2n) is 4.23. The lowest BCUT2D eigenvalue weighted by atomic mass is 9.95. The molecule has 0 aliphatic rings. The van der Waals surface area contributed by atoms with Crippen LogP contribution >= 0.6 is 11.3 Å². The Kier molecular flexibility index (Phi) is 4.35. The fourth-order valence-corrected chi connectivity index (χ4v) is 2.89. The van der Waals surface area contributed by atoms with Gasteiger partial charge in [0.1, 0.15) is 0 Å². The number of nitrogens with one attached hydrogen (secondary N) is 1. The Balaban J connectivity index is 2.22. The molecule has 1 heterocycles. The topological polar surface area (TPSA) is 12.0 Å². The zero-order valence-electron chi connectivity index (χ0n) is 10.4. The summed E-state index contributed by atoms with van der Waals surface area (Å²) in [6.07, 6.45) is 2.16. The Morgan fingerprint density at radius 3 is 2.71 bits per heavy atom. The van der Waals surface area contributed by atoms with Crippen LogP contribution < -0.4 is 5.32 Å². The molecule has 1 N–H and O–H groups in total. The standard InChI is InChI=1S/C15H19NS/c1-3-13-6-4-5-7-14(13)15(16-2)10-12-8-9-17-11-12/h4-9,11,15-16H,3,10H2,1-2H3. The van der Waals surface area contributed by atoms with Gasteiger partial charge in [-0.05, 0) is 53.4 Å². The van der Waals surface area contributed by atoms with Gasteiger partial charge >= 0.3 is 0 Å². The molecule has 0 radical (unpaired) electrons. The second-order valence-corrected chi connectivity index (χ2v) is 5.01. The number of thiophene rings is 1. The number of hydrogen-bond acceptors (Lipinski definition) is 2. The minimum atomic E-state index is 0.417. The van der Waals surface area contributed by atoms with Gasteiger partial charge in [0.25, 0.3) is 0 Å². The highest BCUT2D eigenvalue weighted by molar-refractivity contribution is 7.07. The first-order chi connectivity index (χ1) is 8.35. The summed E-state index contributed by atoms with van der Waals surface area (Å²) in [6, 6.07) is 11.4. The first-order valence-corrected chi connectivity index (χ1v) is 7.05. The maximum absolute atomic E-state index is 3.44. The van der Waals surface area contributed by atoms with Crippen molar-refractivity contribution in [2.45, 2.75) is 25.8 Å². The van der Waals surface area contributed by atoms with Crippen LogP contribution in [0.1, 0.15) is 29.7 Å². The lowest BCUT2D eigenvalue weighted by molar-refractivity contribution is 0.587. The van der Waals surface area contributed by atoms with Crippen LogP contribution in [0.25, 0.3) is 0 Å². The monoisotopic (exact) mass is 245 g/mol. The van der Waals surface area contributed by atoms with Gasteiger partial charge in [0, 0.05) is 6.04 Å². The molecule has 1 unspecified atom stereocenters. The van der Waals surface area contributed by atoms with E-state index >= 15 is 0 Å². The third-order valence-corrected chi connectivity index (χ3v) is 3.91. The SMILES string of the molecule is CCc1ccccc1C(Cc1ccsc1)NC. The zero-order chi connectivity index (χ0) is 12.1. The zero-order valence-corrected chi connectivity index (χ0v) is 11.3. The van der Waals surface area contributed by atoms with Crippen molar-refractivity contribution in [3.8, 4) is 0 Å². The largest absolute Gasteiger partial charge is 0.313 e. The van der Waals surface area contributed by atoms with E-state index in [1.807, 2.05) is 7.05 Å². The van der Waals surface area contributed by atoms with E-state index in [4.69, 9.17) is 0 Å². The Morgan fingerprint density at radius 1 is 1.24 bits per heavy atom. The Morgan fingerprint density at radius 2 is 2.06 bits per heavy atom. The lowest BCUT2D eigenvalue weighted by Gasteiger charge is -2.19. The molecular formula is C15H19NS. The van der Waals surface area contributed by atoms with Crippen molar-refractivity contribution in [2.24, 2.45) is 0 Å². The van der Waals surface area contributed by atoms with Gasteiger partial charge in [-0.25, -0.2) is 0 Å². The molecule has 0 bridgehead atoms. The van der Waals surface area contributed by atoms with Crippen molar-refractivity contribution < 1.29 is 0 Å². The number of rotatable bonds is 5. The van der Waals surface area contributed by atoms with Crippen molar-refractivity contribution >= 4 is 11.3 Å². The van der Waals surface area contributed by atoms with Crippen LogP contribution in [0.3, 0.4) is 0 Å². The quantitative estimate of drug-likeness (QED) is 0.844. The fourth-order valence-electron chi connectivity index (χ4n) is 2.21. The fraction of sp³-hybridized carbons (Fsp3) is 0.333. The first-order valence-electron chi connectivity index (χ1n) is 6.11. The minimum Gasteiger partial charge on any atom is -0.313 e. The molecule has 0 aliphatic carbocycles. The number of benzene rings is 1. The van der Waals surface area contributed by atoms with Gasteiger partial charge in [0.15, 0.2) is 0 Å². The van der Waals surface area contributed by atoms with Crippen LogP contribution in [-0.2, 0) is 12.8 Å². The number of likely N-dealkylation sites (N-methyl/N-ethyl adjacent to an activating group) is 1. The molecule has 0 saturated heterocycles. The second kappa shape index (κ2) is 5.99. The molecule has 1 nitrogen and oxygen atoms in total. The molecule has 2 heteroatoms. The third-order valence-electron chi connectivity index (χ3n) is 3.18. The summed E-state index contributed by atoms with van der Waals surface area (Å²) in [7, 11) is 2.05. The van der Waals surface area contributed by atoms with E-state index < -0.39 is 0 Å². The van der Waals surface area contributed by atoms with E-state index in [1.54, 1.807) is 11.3 Å². The van der Waals surface area contributed by atoms with Crippen LogP contribution in [0.15, 0.2) is 41.1 Å². The first kappa shape index (κ1) is 12.3. The van der Waals surface area contributed by atoms with Crippen molar-refractivity contribution in [2.75, 3.05) is 7.05 Å². The van der Waals surface area contributed by atoms with Crippen molar-refractivity contribution in [3.05, 3.63) is 57.8 Å². The van der Waals surface area contributed by atoms with Gasteiger partial charge in [0.05, 0.1) is 0 Å². The summed E-state index contributed by atoms with van der Waals surface area (Å²) in [6.45, 7) is 2.22. The number of hydrogen-bond donors (Lipinski definition) is 1. The van der Waals surface area contributed by atoms with Crippen molar-refractivity contribution in [1.29, 1.82) is 0 Å². The predicted octanol–water partition coefficient (Wildman–Crippen LogP) is 3.81. The van der Waals surface area contributed by atoms with E-state index in [1.165, 1.54) is 16.7 Å². The van der Waals surface area contributed by atoms with Gasteiger partial charge in [-0.1, -0.05) is 31.2 Å². The predicted molar refractivity (Wildman–Crippen MR) is 75.6 cm³/mol. The summed E-state index contributed by atoms with van der Waals surface area (Å²) in [5.74, 6) is 0. The minimum absolute atomic E-state index is 0.417. The highest BCUT2D eigenvalue weighted by atomic mass is 32.1. The number of aryl methyl sites for hydroxylation is 1. The molecule has 2 rings (SSSR count). The van der Waals surface area contributed by atoms with Crippen molar-refractivity contribution in [3.63, 3.8) is 0 Å². The van der Waals surface area contributed by atoms with E-state index in [9.17, 15) is 0 Å². The molecule has 1 aromatic heterocycles. The molecule has 0 aliphatic heterocycles. The highest BCUT2D eigenvalue weighted by Crippen LogP contribution is 2.23. The molecule has 2 aromatic rings. The molecule has 0 spiro atoms. The van der Waals surface area contributed by atoms with E-state index in [-0.39, 0.29) is 0 Å². The normalized spacial score (nSPS) is 12.6. The van der Waals surface area contributed by atoms with Gasteiger partial charge in [-0.2, -0.15) is 11.3 Å². The molecule has 90 valence electrons. The van der Waals surface area contributed by atoms with Gasteiger partial charge in [-0.15, -0.1) is 0 Å². The average Bonchev–Trinajstić information content (AvgIpc) is 2.89. The summed E-state index contributed by atoms with van der Waals surface area (Å²) >= 11 is 1.77. The van der Waals surface area contributed by atoms with Gasteiger partial charge in [-0.3, -0.25) is 0 Å². The third kappa shape index (κ3) is 2.96. The van der Waals surface area contributed by atoms with Crippen molar-refractivity contribution in [1.82, 2.24) is 5.32 Å². The Hall–Kier alpha value is -1.12. The van der Waals surface area contributed by atoms with Gasteiger partial charge < -0.3 is 5.32 Å². The molecule has 0 saturated carbocycles. The van der Waals surface area contributed by atoms with Crippen LogP contribution in [0.2, 0.25) is 0 Å². The molecule has 1 aromatic carbocycles. The molecule has 17 heavy (non-hydrogen) atoms. The van der Waals surface area contributed by atoms with Crippen LogP contribution in [-0.4, -0.2) is 7.05 Å². The maximum atomic E-state index is 3.44. The maximum Gasteiger partial charge on any atom is 0.0361 e. The van der Waals surface area contributed by atoms with E-state index in [0.717, 1.165) is 12.8 Å². The van der Waals surface area contributed by atoms with Crippen LogP contribution in [0, 0.1) is 0 Å². The molecule has 1 atom stereocenters. The van der Waals surface area contributed by atoms with E-state index in [0.29, 0.717) is 6.04 Å². The summed E-state index contributed by atoms with van der Waals surface area (Å²) < 4.78 is 0. The summed E-state index contributed by atoms with van der Waals surface area (Å²) in [5.41, 5.74) is 4.30. The molecular weight excluding hydrogens is 226 g/mol. The van der Waals surface area contributed by atoms with Gasteiger partial charge in [0.2, 0.25) is 0 Å². The highest BCUT2D eigenvalue weighted by Gasteiger charge is 2.13. The van der Waals surface area contributed by atoms with Crippen LogP contribution in [0.5, 0.6) is 0 Å². The summed E-state index contributed by atoms with van der Waals surface area (Å²) in [5, 5.41) is 7.82. The average molecular weight is 245 g/mol. The lowest BCUT2D eigenvalue weighted by Crippen LogP contribution is -2.20. The van der Waals surface area contributed by atoms with Crippen LogP contribution in [0.4, 0.5) is 0 Å². The molecule has 0 fully saturated rings.